The van der Waals surface area contributed by atoms with Gasteiger partial charge in [0.1, 0.15) is 11.4 Å². The van der Waals surface area contributed by atoms with Crippen LogP contribution in [0.3, 0.4) is 0 Å². The van der Waals surface area contributed by atoms with Gasteiger partial charge >= 0.3 is 0 Å². The fraction of sp³-hybridized carbons (Fsp3) is 0.684. The number of nitrogens with zero attached hydrogens (tertiary/aromatic N) is 3. The van der Waals surface area contributed by atoms with Gasteiger partial charge in [0.25, 0.3) is 0 Å². The molecule has 7 nitrogen and oxygen atoms in total. The maximum Gasteiger partial charge on any atom is 0.246 e. The molecule has 0 spiro atoms. The second-order valence-corrected chi connectivity index (χ2v) is 8.83. The molecule has 0 atom stereocenters. The highest BCUT2D eigenvalue weighted by Gasteiger charge is 2.29. The summed E-state index contributed by atoms with van der Waals surface area (Å²) >= 11 is 0. The summed E-state index contributed by atoms with van der Waals surface area (Å²) in [6, 6.07) is 0. The zero-order chi connectivity index (χ0) is 20.0. The molecule has 0 saturated carbocycles. The van der Waals surface area contributed by atoms with Crippen molar-refractivity contribution in [2.24, 2.45) is 0 Å². The van der Waals surface area contributed by atoms with E-state index < -0.39 is 10.0 Å². The molecule has 8 heteroatoms. The Labute approximate surface area is 162 Å². The molecular formula is C19H32N4O3S. The van der Waals surface area contributed by atoms with E-state index in [1.807, 2.05) is 13.8 Å². The van der Waals surface area contributed by atoms with Gasteiger partial charge in [0.05, 0.1) is 11.4 Å². The van der Waals surface area contributed by atoms with Crippen LogP contribution in [-0.4, -0.2) is 48.0 Å². The molecule has 2 rings (SSSR count). The molecule has 152 valence electrons. The summed E-state index contributed by atoms with van der Waals surface area (Å²) in [4.78, 5) is 12.5. The number of carbonyl (C=O) groups excluding carboxylic acids is 1. The summed E-state index contributed by atoms with van der Waals surface area (Å²) in [6.45, 7) is 8.44. The summed E-state index contributed by atoms with van der Waals surface area (Å²) in [5, 5.41) is 7.22. The fourth-order valence-electron chi connectivity index (χ4n) is 3.59. The number of allylic oxidation sites excluding steroid dienone is 1. The van der Waals surface area contributed by atoms with Crippen molar-refractivity contribution in [3.8, 4) is 0 Å². The van der Waals surface area contributed by atoms with Crippen LogP contribution in [0.4, 0.5) is 0 Å². The van der Waals surface area contributed by atoms with E-state index in [9.17, 15) is 13.2 Å². The molecule has 0 unspecified atom stereocenters. The largest absolute Gasteiger partial charge is 0.354 e. The predicted molar refractivity (Wildman–Crippen MR) is 106 cm³/mol. The molecule has 1 aromatic heterocycles. The second kappa shape index (κ2) is 9.50. The summed E-state index contributed by atoms with van der Waals surface area (Å²) in [7, 11) is -3.60. The highest BCUT2D eigenvalue weighted by molar-refractivity contribution is 7.89. The van der Waals surface area contributed by atoms with Crippen molar-refractivity contribution in [1.82, 2.24) is 19.4 Å². The highest BCUT2D eigenvalue weighted by Crippen LogP contribution is 2.23. The Bertz CT molecular complexity index is 792. The number of hydrogen-bond acceptors (Lipinski definition) is 4. The van der Waals surface area contributed by atoms with Crippen LogP contribution >= 0.6 is 0 Å². The third-order valence-corrected chi connectivity index (χ3v) is 7.37. The van der Waals surface area contributed by atoms with Crippen molar-refractivity contribution < 1.29 is 13.2 Å². The molecule has 1 amide bonds. The Morgan fingerprint density at radius 1 is 1.26 bits per heavy atom. The number of hydrogen-bond donors (Lipinski definition) is 1. The van der Waals surface area contributed by atoms with Crippen LogP contribution < -0.4 is 5.32 Å². The smallest absolute Gasteiger partial charge is 0.246 e. The summed E-state index contributed by atoms with van der Waals surface area (Å²) in [5.74, 6) is -0.149. The zero-order valence-corrected chi connectivity index (χ0v) is 17.7. The Morgan fingerprint density at radius 2 is 1.96 bits per heavy atom. The molecule has 0 aromatic carbocycles. The van der Waals surface area contributed by atoms with E-state index >= 15 is 0 Å². The van der Waals surface area contributed by atoms with Gasteiger partial charge in [0, 0.05) is 19.6 Å². The molecule has 27 heavy (non-hydrogen) atoms. The molecule has 1 aliphatic carbocycles. The summed E-state index contributed by atoms with van der Waals surface area (Å²) in [5.41, 5.74) is 2.35. The first kappa shape index (κ1) is 21.6. The van der Waals surface area contributed by atoms with E-state index in [0.717, 1.165) is 19.3 Å². The first-order valence-corrected chi connectivity index (χ1v) is 11.2. The number of carbonyl (C=O) groups is 1. The van der Waals surface area contributed by atoms with E-state index in [2.05, 4.69) is 16.5 Å². The molecule has 0 bridgehead atoms. The molecular weight excluding hydrogens is 364 g/mol. The van der Waals surface area contributed by atoms with Gasteiger partial charge in [-0.1, -0.05) is 25.5 Å². The molecule has 1 N–H and O–H groups in total. The van der Waals surface area contributed by atoms with Crippen LogP contribution in [0, 0.1) is 13.8 Å². The van der Waals surface area contributed by atoms with Gasteiger partial charge in [-0.15, -0.1) is 0 Å². The van der Waals surface area contributed by atoms with E-state index in [-0.39, 0.29) is 17.3 Å². The third kappa shape index (κ3) is 5.19. The van der Waals surface area contributed by atoms with Gasteiger partial charge in [-0.3, -0.25) is 9.48 Å². The zero-order valence-electron chi connectivity index (χ0n) is 16.9. The Hall–Kier alpha value is -1.67. The van der Waals surface area contributed by atoms with E-state index in [1.54, 1.807) is 13.8 Å². The van der Waals surface area contributed by atoms with Crippen molar-refractivity contribution in [3.63, 3.8) is 0 Å². The Balaban J connectivity index is 2.03. The average Bonchev–Trinajstić information content (AvgIpc) is 2.90. The van der Waals surface area contributed by atoms with Gasteiger partial charge in [0.2, 0.25) is 15.9 Å². The molecule has 1 aliphatic rings. The van der Waals surface area contributed by atoms with Gasteiger partial charge in [-0.2, -0.15) is 9.40 Å². The van der Waals surface area contributed by atoms with Crippen molar-refractivity contribution in [1.29, 1.82) is 0 Å². The average molecular weight is 397 g/mol. The van der Waals surface area contributed by atoms with Gasteiger partial charge in [-0.05, 0) is 46.0 Å². The number of amides is 1. The van der Waals surface area contributed by atoms with Crippen LogP contribution in [0.2, 0.25) is 0 Å². The minimum absolute atomic E-state index is 0.0273. The lowest BCUT2D eigenvalue weighted by Gasteiger charge is -2.18. The van der Waals surface area contributed by atoms with Crippen molar-refractivity contribution in [2.75, 3.05) is 19.6 Å². The quantitative estimate of drug-likeness (QED) is 0.650. The SMILES string of the molecule is CCN(CC)S(=O)(=O)c1c(C)nn(CC(=O)NCCC2=CCCCC2)c1C. The minimum Gasteiger partial charge on any atom is -0.354 e. The predicted octanol–water partition coefficient (Wildman–Crippen LogP) is 2.54. The third-order valence-electron chi connectivity index (χ3n) is 5.07. The first-order chi connectivity index (χ1) is 12.8. The van der Waals surface area contributed by atoms with Gasteiger partial charge in [-0.25, -0.2) is 8.42 Å². The lowest BCUT2D eigenvalue weighted by atomic mass is 9.97. The van der Waals surface area contributed by atoms with Crippen molar-refractivity contribution in [3.05, 3.63) is 23.0 Å². The lowest BCUT2D eigenvalue weighted by molar-refractivity contribution is -0.121. The molecule has 1 heterocycles. The second-order valence-electron chi connectivity index (χ2n) is 6.96. The topological polar surface area (TPSA) is 84.3 Å². The molecule has 0 radical (unpaired) electrons. The highest BCUT2D eigenvalue weighted by atomic mass is 32.2. The Morgan fingerprint density at radius 3 is 2.56 bits per heavy atom. The number of sulfonamides is 1. The lowest BCUT2D eigenvalue weighted by Crippen LogP contribution is -2.32. The van der Waals surface area contributed by atoms with Crippen LogP contribution in [0.1, 0.15) is 57.3 Å². The maximum absolute atomic E-state index is 12.8. The maximum atomic E-state index is 12.8. The van der Waals surface area contributed by atoms with Gasteiger partial charge in [0.15, 0.2) is 0 Å². The van der Waals surface area contributed by atoms with Crippen LogP contribution in [0.5, 0.6) is 0 Å². The van der Waals surface area contributed by atoms with E-state index in [0.29, 0.717) is 31.0 Å². The normalized spacial score (nSPS) is 15.1. The minimum atomic E-state index is -3.60. The van der Waals surface area contributed by atoms with Crippen LogP contribution in [0.15, 0.2) is 16.5 Å². The first-order valence-electron chi connectivity index (χ1n) is 9.80. The van der Waals surface area contributed by atoms with Crippen molar-refractivity contribution in [2.45, 2.75) is 71.2 Å². The molecule has 0 aliphatic heterocycles. The van der Waals surface area contributed by atoms with Crippen molar-refractivity contribution >= 4 is 15.9 Å². The summed E-state index contributed by atoms with van der Waals surface area (Å²) < 4.78 is 28.6. The molecule has 0 saturated heterocycles. The van der Waals surface area contributed by atoms with Crippen LogP contribution in [-0.2, 0) is 21.4 Å². The van der Waals surface area contributed by atoms with Gasteiger partial charge < -0.3 is 5.32 Å². The standard InChI is InChI=1S/C19H32N4O3S/c1-5-22(6-2)27(25,26)19-15(3)21-23(16(19)4)14-18(24)20-13-12-17-10-8-7-9-11-17/h10H,5-9,11-14H2,1-4H3,(H,20,24). The van der Waals surface area contributed by atoms with E-state index in [4.69, 9.17) is 0 Å². The van der Waals surface area contributed by atoms with E-state index in [1.165, 1.54) is 27.4 Å². The Kier molecular flexibility index (Phi) is 7.61. The van der Waals surface area contributed by atoms with Crippen LogP contribution in [0.25, 0.3) is 0 Å². The molecule has 0 fully saturated rings. The fourth-order valence-corrected chi connectivity index (χ4v) is 5.42. The number of rotatable bonds is 9. The molecule has 1 aromatic rings. The number of nitrogens with one attached hydrogen (secondary N) is 1. The monoisotopic (exact) mass is 396 g/mol. The number of aromatic nitrogens is 2. The summed E-state index contributed by atoms with van der Waals surface area (Å²) in [6.07, 6.45) is 7.91. The number of aryl methyl sites for hydroxylation is 1.